The average Bonchev–Trinajstić information content (AvgIpc) is 2.11. The Morgan fingerprint density at radius 2 is 2.08 bits per heavy atom. The molecule has 0 amide bonds. The molecule has 1 nitrogen and oxygen atoms in total. The second kappa shape index (κ2) is 4.85. The highest BCUT2D eigenvalue weighted by Gasteiger charge is 2.05. The highest BCUT2D eigenvalue weighted by Crippen LogP contribution is 2.23. The Balaban J connectivity index is 2.81. The predicted molar refractivity (Wildman–Crippen MR) is 58.5 cm³/mol. The minimum absolute atomic E-state index is 0.176. The predicted octanol–water partition coefficient (Wildman–Crippen LogP) is 3.82. The Bertz CT molecular complexity index is 346. The van der Waals surface area contributed by atoms with Gasteiger partial charge in [0.2, 0.25) is 0 Å². The molecule has 0 N–H and O–H groups in total. The number of hydrogen-bond acceptors (Lipinski definition) is 1. The minimum atomic E-state index is -0.176. The number of hydrogen-bond donors (Lipinski definition) is 0. The van der Waals surface area contributed by atoms with Crippen molar-refractivity contribution in [1.29, 1.82) is 5.26 Å². The van der Waals surface area contributed by atoms with E-state index in [2.05, 4.69) is 22.0 Å². The first-order valence-electron chi connectivity index (χ1n) is 3.61. The second-order valence-electron chi connectivity index (χ2n) is 2.55. The minimum Gasteiger partial charge on any atom is -0.197 e. The maximum absolute atomic E-state index is 8.56. The molecule has 0 heterocycles. The van der Waals surface area contributed by atoms with Crippen molar-refractivity contribution in [2.24, 2.45) is 0 Å². The van der Waals surface area contributed by atoms with Crippen LogP contribution in [0.2, 0.25) is 10.0 Å². The third-order valence-corrected chi connectivity index (χ3v) is 2.81. The first-order valence-corrected chi connectivity index (χ1v) is 5.28. The van der Waals surface area contributed by atoms with E-state index in [1.54, 1.807) is 12.1 Å². The van der Waals surface area contributed by atoms with Gasteiger partial charge >= 0.3 is 0 Å². The summed E-state index contributed by atoms with van der Waals surface area (Å²) in [6, 6.07) is 7.45. The van der Waals surface area contributed by atoms with Gasteiger partial charge in [0.25, 0.3) is 0 Å². The third kappa shape index (κ3) is 3.19. The molecule has 0 bridgehead atoms. The Kier molecular flexibility index (Phi) is 4.05. The van der Waals surface area contributed by atoms with Gasteiger partial charge in [-0.1, -0.05) is 45.2 Å². The molecule has 1 aromatic carbocycles. The molecular weight excluding hydrogens is 273 g/mol. The first-order chi connectivity index (χ1) is 6.13. The highest BCUT2D eigenvalue weighted by atomic mass is 79.9. The van der Waals surface area contributed by atoms with E-state index in [0.717, 1.165) is 5.56 Å². The normalized spacial score (nSPS) is 12.2. The molecule has 0 saturated carbocycles. The maximum atomic E-state index is 8.56. The van der Waals surface area contributed by atoms with E-state index in [9.17, 15) is 0 Å². The molecule has 68 valence electrons. The number of nitrogens with zero attached hydrogens (tertiary/aromatic N) is 1. The lowest BCUT2D eigenvalue weighted by Crippen LogP contribution is -1.98. The molecule has 0 radical (unpaired) electrons. The Hall–Kier alpha value is -0.230. The van der Waals surface area contributed by atoms with Crippen LogP contribution < -0.4 is 0 Å². The number of rotatable bonds is 2. The number of alkyl halides is 1. The summed E-state index contributed by atoms with van der Waals surface area (Å²) in [5, 5.41) is 9.62. The quantitative estimate of drug-likeness (QED) is 0.755. The van der Waals surface area contributed by atoms with Crippen LogP contribution >= 0.6 is 39.1 Å². The van der Waals surface area contributed by atoms with Gasteiger partial charge in [0.15, 0.2) is 0 Å². The summed E-state index contributed by atoms with van der Waals surface area (Å²) in [6.07, 6.45) is 0.632. The molecule has 0 aliphatic heterocycles. The molecule has 0 saturated heterocycles. The molecule has 0 fully saturated rings. The molecule has 0 aliphatic rings. The van der Waals surface area contributed by atoms with Crippen LogP contribution in [-0.2, 0) is 6.42 Å². The van der Waals surface area contributed by atoms with E-state index in [-0.39, 0.29) is 4.83 Å². The topological polar surface area (TPSA) is 23.8 Å². The molecule has 1 atom stereocenters. The van der Waals surface area contributed by atoms with Crippen LogP contribution in [0, 0.1) is 11.3 Å². The van der Waals surface area contributed by atoms with Crippen molar-refractivity contribution in [3.05, 3.63) is 33.8 Å². The van der Waals surface area contributed by atoms with Crippen LogP contribution in [0.1, 0.15) is 5.56 Å². The van der Waals surface area contributed by atoms with Crippen LogP contribution in [0.4, 0.5) is 0 Å². The van der Waals surface area contributed by atoms with E-state index in [0.29, 0.717) is 16.5 Å². The lowest BCUT2D eigenvalue weighted by atomic mass is 10.1. The molecule has 1 rings (SSSR count). The van der Waals surface area contributed by atoms with Gasteiger partial charge in [-0.2, -0.15) is 5.26 Å². The average molecular weight is 279 g/mol. The number of benzene rings is 1. The van der Waals surface area contributed by atoms with E-state index in [1.807, 2.05) is 6.07 Å². The van der Waals surface area contributed by atoms with Crippen molar-refractivity contribution < 1.29 is 0 Å². The monoisotopic (exact) mass is 277 g/mol. The highest BCUT2D eigenvalue weighted by molar-refractivity contribution is 9.09. The largest absolute Gasteiger partial charge is 0.197 e. The van der Waals surface area contributed by atoms with E-state index in [1.165, 1.54) is 0 Å². The van der Waals surface area contributed by atoms with Crippen LogP contribution in [0.25, 0.3) is 0 Å². The summed E-state index contributed by atoms with van der Waals surface area (Å²) in [6.45, 7) is 0. The molecule has 1 aromatic rings. The van der Waals surface area contributed by atoms with Crippen molar-refractivity contribution in [3.8, 4) is 6.07 Å². The SMILES string of the molecule is N#CC(Br)Cc1ccc(Cl)c(Cl)c1. The van der Waals surface area contributed by atoms with Crippen molar-refractivity contribution >= 4 is 39.1 Å². The van der Waals surface area contributed by atoms with Crippen molar-refractivity contribution in [1.82, 2.24) is 0 Å². The van der Waals surface area contributed by atoms with Gasteiger partial charge in [-0.3, -0.25) is 0 Å². The lowest BCUT2D eigenvalue weighted by molar-refractivity contribution is 1.04. The molecule has 0 aromatic heterocycles. The van der Waals surface area contributed by atoms with Crippen LogP contribution in [-0.4, -0.2) is 4.83 Å². The molecular formula is C9H6BrCl2N. The fourth-order valence-electron chi connectivity index (χ4n) is 0.919. The van der Waals surface area contributed by atoms with Crippen LogP contribution in [0.5, 0.6) is 0 Å². The summed E-state index contributed by atoms with van der Waals surface area (Å²) in [7, 11) is 0. The number of nitriles is 1. The zero-order valence-electron chi connectivity index (χ0n) is 6.60. The Morgan fingerprint density at radius 1 is 1.38 bits per heavy atom. The summed E-state index contributed by atoms with van der Waals surface area (Å²) >= 11 is 14.8. The maximum Gasteiger partial charge on any atom is 0.105 e. The fraction of sp³-hybridized carbons (Fsp3) is 0.222. The molecule has 0 spiro atoms. The van der Waals surface area contributed by atoms with Crippen molar-refractivity contribution in [3.63, 3.8) is 0 Å². The van der Waals surface area contributed by atoms with Gasteiger partial charge in [0.05, 0.1) is 16.1 Å². The Labute approximate surface area is 95.4 Å². The van der Waals surface area contributed by atoms with E-state index in [4.69, 9.17) is 28.5 Å². The van der Waals surface area contributed by atoms with Crippen molar-refractivity contribution in [2.75, 3.05) is 0 Å². The van der Waals surface area contributed by atoms with Gasteiger partial charge in [-0.05, 0) is 24.1 Å². The lowest BCUT2D eigenvalue weighted by Gasteiger charge is -2.02. The van der Waals surface area contributed by atoms with Gasteiger partial charge in [-0.15, -0.1) is 0 Å². The Morgan fingerprint density at radius 3 is 2.62 bits per heavy atom. The van der Waals surface area contributed by atoms with Gasteiger partial charge < -0.3 is 0 Å². The molecule has 13 heavy (non-hydrogen) atoms. The molecule has 1 unspecified atom stereocenters. The van der Waals surface area contributed by atoms with Crippen LogP contribution in [0.15, 0.2) is 18.2 Å². The fourth-order valence-corrected chi connectivity index (χ4v) is 1.61. The summed E-state index contributed by atoms with van der Waals surface area (Å²) in [4.78, 5) is -0.176. The summed E-state index contributed by atoms with van der Waals surface area (Å²) < 4.78 is 0. The molecule has 0 aliphatic carbocycles. The van der Waals surface area contributed by atoms with Gasteiger partial charge in [-0.25, -0.2) is 0 Å². The second-order valence-corrected chi connectivity index (χ2v) is 4.47. The van der Waals surface area contributed by atoms with Crippen molar-refractivity contribution in [2.45, 2.75) is 11.2 Å². The van der Waals surface area contributed by atoms with Gasteiger partial charge in [0, 0.05) is 0 Å². The number of halogens is 3. The summed E-state index contributed by atoms with van der Waals surface area (Å²) in [5.41, 5.74) is 0.998. The zero-order chi connectivity index (χ0) is 9.84. The third-order valence-electron chi connectivity index (χ3n) is 1.54. The van der Waals surface area contributed by atoms with Gasteiger partial charge in [0.1, 0.15) is 4.83 Å². The van der Waals surface area contributed by atoms with Crippen LogP contribution in [0.3, 0.4) is 0 Å². The molecule has 4 heteroatoms. The smallest absolute Gasteiger partial charge is 0.105 e. The zero-order valence-corrected chi connectivity index (χ0v) is 9.70. The summed E-state index contributed by atoms with van der Waals surface area (Å²) in [5.74, 6) is 0. The standard InChI is InChI=1S/C9H6BrCl2N/c10-7(5-13)3-6-1-2-8(11)9(12)4-6/h1-2,4,7H,3H2. The van der Waals surface area contributed by atoms with E-state index >= 15 is 0 Å². The first kappa shape index (κ1) is 10.8. The van der Waals surface area contributed by atoms with E-state index < -0.39 is 0 Å².